The van der Waals surface area contributed by atoms with Crippen molar-refractivity contribution in [3.05, 3.63) is 42.0 Å². The van der Waals surface area contributed by atoms with Crippen molar-refractivity contribution < 1.29 is 4.74 Å². The fourth-order valence-corrected chi connectivity index (χ4v) is 1.67. The van der Waals surface area contributed by atoms with Gasteiger partial charge in [0.2, 0.25) is 0 Å². The lowest BCUT2D eigenvalue weighted by Gasteiger charge is -2.03. The van der Waals surface area contributed by atoms with Gasteiger partial charge in [0.1, 0.15) is 0 Å². The van der Waals surface area contributed by atoms with Crippen LogP contribution in [0.15, 0.2) is 41.4 Å². The Morgan fingerprint density at radius 1 is 1.20 bits per heavy atom. The fraction of sp³-hybridized carbons (Fsp3) is 0.308. The molecule has 0 radical (unpaired) electrons. The molecule has 0 bridgehead atoms. The van der Waals surface area contributed by atoms with Gasteiger partial charge in [0.05, 0.1) is 12.8 Å². The van der Waals surface area contributed by atoms with Crippen LogP contribution in [0, 0.1) is 0 Å². The summed E-state index contributed by atoms with van der Waals surface area (Å²) in [5.74, 6) is 0.836. The SMILES string of the molecule is COC1=NC(c2ccccc2)=CCCC1. The van der Waals surface area contributed by atoms with Gasteiger partial charge in [-0.3, -0.25) is 0 Å². The monoisotopic (exact) mass is 201 g/mol. The molecule has 78 valence electrons. The van der Waals surface area contributed by atoms with Crippen LogP contribution in [0.2, 0.25) is 0 Å². The molecule has 0 saturated carbocycles. The minimum Gasteiger partial charge on any atom is -0.484 e. The van der Waals surface area contributed by atoms with Crippen LogP contribution in [-0.2, 0) is 4.74 Å². The summed E-state index contributed by atoms with van der Waals surface area (Å²) in [5.41, 5.74) is 2.19. The Bertz CT molecular complexity index is 379. The Labute approximate surface area is 90.3 Å². The van der Waals surface area contributed by atoms with Gasteiger partial charge in [-0.2, -0.15) is 0 Å². The van der Waals surface area contributed by atoms with Gasteiger partial charge in [-0.15, -0.1) is 0 Å². The quantitative estimate of drug-likeness (QED) is 0.683. The molecule has 0 atom stereocenters. The van der Waals surface area contributed by atoms with E-state index < -0.39 is 0 Å². The van der Waals surface area contributed by atoms with Crippen LogP contribution in [0.1, 0.15) is 24.8 Å². The maximum Gasteiger partial charge on any atom is 0.188 e. The highest BCUT2D eigenvalue weighted by Gasteiger charge is 2.07. The summed E-state index contributed by atoms with van der Waals surface area (Å²) in [6.45, 7) is 0. The number of aliphatic imine (C=N–C) groups is 1. The standard InChI is InChI=1S/C13H15NO/c1-15-13-10-6-5-9-12(14-13)11-7-3-2-4-8-11/h2-4,7-9H,5-6,10H2,1H3. The lowest BCUT2D eigenvalue weighted by molar-refractivity contribution is 0.389. The lowest BCUT2D eigenvalue weighted by atomic mass is 10.1. The maximum atomic E-state index is 5.23. The zero-order valence-electron chi connectivity index (χ0n) is 8.94. The summed E-state index contributed by atoms with van der Waals surface area (Å²) in [6.07, 6.45) is 5.30. The molecular weight excluding hydrogens is 186 g/mol. The summed E-state index contributed by atoms with van der Waals surface area (Å²) < 4.78 is 5.23. The lowest BCUT2D eigenvalue weighted by Crippen LogP contribution is -1.99. The van der Waals surface area contributed by atoms with E-state index in [2.05, 4.69) is 23.2 Å². The van der Waals surface area contributed by atoms with Crippen LogP contribution >= 0.6 is 0 Å². The number of nitrogens with zero attached hydrogens (tertiary/aromatic N) is 1. The number of rotatable bonds is 1. The van der Waals surface area contributed by atoms with Crippen molar-refractivity contribution in [3.8, 4) is 0 Å². The average molecular weight is 201 g/mol. The molecule has 0 aliphatic carbocycles. The van der Waals surface area contributed by atoms with Gasteiger partial charge in [0, 0.05) is 6.42 Å². The highest BCUT2D eigenvalue weighted by molar-refractivity contribution is 5.84. The molecule has 1 heterocycles. The minimum atomic E-state index is 0.836. The molecule has 0 fully saturated rings. The van der Waals surface area contributed by atoms with Crippen molar-refractivity contribution in [1.82, 2.24) is 0 Å². The fourth-order valence-electron chi connectivity index (χ4n) is 1.67. The molecule has 0 N–H and O–H groups in total. The first-order valence-corrected chi connectivity index (χ1v) is 5.27. The minimum absolute atomic E-state index is 0.836. The van der Waals surface area contributed by atoms with Gasteiger partial charge < -0.3 is 4.74 Å². The topological polar surface area (TPSA) is 21.6 Å². The van der Waals surface area contributed by atoms with E-state index in [-0.39, 0.29) is 0 Å². The van der Waals surface area contributed by atoms with Crippen molar-refractivity contribution in [1.29, 1.82) is 0 Å². The first-order valence-electron chi connectivity index (χ1n) is 5.27. The first kappa shape index (κ1) is 9.97. The van der Waals surface area contributed by atoms with Gasteiger partial charge >= 0.3 is 0 Å². The predicted octanol–water partition coefficient (Wildman–Crippen LogP) is 3.26. The van der Waals surface area contributed by atoms with E-state index in [1.165, 1.54) is 0 Å². The van der Waals surface area contributed by atoms with Crippen LogP contribution in [0.4, 0.5) is 0 Å². The Morgan fingerprint density at radius 2 is 2.00 bits per heavy atom. The molecule has 1 aliphatic heterocycles. The van der Waals surface area contributed by atoms with Gasteiger partial charge in [0.25, 0.3) is 0 Å². The average Bonchev–Trinajstić information content (AvgIpc) is 2.55. The largest absolute Gasteiger partial charge is 0.484 e. The molecule has 15 heavy (non-hydrogen) atoms. The third-order valence-electron chi connectivity index (χ3n) is 2.48. The second kappa shape index (κ2) is 4.78. The molecule has 0 unspecified atom stereocenters. The second-order valence-electron chi connectivity index (χ2n) is 3.56. The summed E-state index contributed by atoms with van der Waals surface area (Å²) in [7, 11) is 1.69. The van der Waals surface area contributed by atoms with Crippen LogP contribution in [0.5, 0.6) is 0 Å². The van der Waals surface area contributed by atoms with E-state index in [0.717, 1.165) is 36.4 Å². The van der Waals surface area contributed by atoms with Crippen molar-refractivity contribution in [3.63, 3.8) is 0 Å². The van der Waals surface area contributed by atoms with E-state index in [1.54, 1.807) is 7.11 Å². The van der Waals surface area contributed by atoms with Crippen molar-refractivity contribution in [2.75, 3.05) is 7.11 Å². The highest BCUT2D eigenvalue weighted by atomic mass is 16.5. The Balaban J connectivity index is 2.31. The number of hydrogen-bond donors (Lipinski definition) is 0. The number of allylic oxidation sites excluding steroid dienone is 1. The molecule has 2 rings (SSSR count). The molecule has 0 amide bonds. The van der Waals surface area contributed by atoms with E-state index in [9.17, 15) is 0 Å². The van der Waals surface area contributed by atoms with Gasteiger partial charge in [-0.05, 0) is 18.4 Å². The summed E-state index contributed by atoms with van der Waals surface area (Å²) in [5, 5.41) is 0. The molecule has 2 heteroatoms. The normalized spacial score (nSPS) is 16.3. The zero-order valence-corrected chi connectivity index (χ0v) is 8.94. The van der Waals surface area contributed by atoms with Crippen molar-refractivity contribution >= 4 is 11.6 Å². The number of methoxy groups -OCH3 is 1. The molecule has 1 aromatic rings. The Morgan fingerprint density at radius 3 is 2.73 bits per heavy atom. The Kier molecular flexibility index (Phi) is 3.18. The van der Waals surface area contributed by atoms with Gasteiger partial charge in [-0.1, -0.05) is 36.4 Å². The summed E-state index contributed by atoms with van der Waals surface area (Å²) in [6, 6.07) is 10.2. The molecular formula is C13H15NO. The molecule has 1 aliphatic rings. The number of hydrogen-bond acceptors (Lipinski definition) is 2. The van der Waals surface area contributed by atoms with Gasteiger partial charge in [0.15, 0.2) is 5.90 Å². The molecule has 0 spiro atoms. The molecule has 0 aromatic heterocycles. The molecule has 0 saturated heterocycles. The third-order valence-corrected chi connectivity index (χ3v) is 2.48. The van der Waals surface area contributed by atoms with Crippen LogP contribution in [0.3, 0.4) is 0 Å². The highest BCUT2D eigenvalue weighted by Crippen LogP contribution is 2.21. The van der Waals surface area contributed by atoms with Gasteiger partial charge in [-0.25, -0.2) is 4.99 Å². The van der Waals surface area contributed by atoms with Crippen LogP contribution in [-0.4, -0.2) is 13.0 Å². The number of ether oxygens (including phenoxy) is 1. The van der Waals surface area contributed by atoms with Crippen LogP contribution in [0.25, 0.3) is 5.70 Å². The van der Waals surface area contributed by atoms with Crippen molar-refractivity contribution in [2.45, 2.75) is 19.3 Å². The van der Waals surface area contributed by atoms with Crippen molar-refractivity contribution in [2.24, 2.45) is 4.99 Å². The maximum absolute atomic E-state index is 5.23. The van der Waals surface area contributed by atoms with E-state index >= 15 is 0 Å². The zero-order chi connectivity index (χ0) is 10.5. The Hall–Kier alpha value is -1.57. The first-order chi connectivity index (χ1) is 7.40. The second-order valence-corrected chi connectivity index (χ2v) is 3.56. The summed E-state index contributed by atoms with van der Waals surface area (Å²) in [4.78, 5) is 4.52. The predicted molar refractivity (Wildman–Crippen MR) is 62.7 cm³/mol. The van der Waals surface area contributed by atoms with E-state index in [0.29, 0.717) is 0 Å². The van der Waals surface area contributed by atoms with Crippen LogP contribution < -0.4 is 0 Å². The van der Waals surface area contributed by atoms with E-state index in [1.807, 2.05) is 18.2 Å². The van der Waals surface area contributed by atoms with E-state index in [4.69, 9.17) is 4.74 Å². The molecule has 1 aromatic carbocycles. The third kappa shape index (κ3) is 2.46. The summed E-state index contributed by atoms with van der Waals surface area (Å²) >= 11 is 0. The molecule has 2 nitrogen and oxygen atoms in total. The smallest absolute Gasteiger partial charge is 0.188 e. The number of benzene rings is 1.